The number of esters is 1. The van der Waals surface area contributed by atoms with Crippen molar-refractivity contribution in [1.29, 1.82) is 0 Å². The predicted molar refractivity (Wildman–Crippen MR) is 87.1 cm³/mol. The number of nitrogens with one attached hydrogen (secondary N) is 1. The molecule has 0 radical (unpaired) electrons. The Bertz CT molecular complexity index is 736. The zero-order valence-corrected chi connectivity index (χ0v) is 14.1. The standard InChI is InChI=1S/C16H14ClF2NO3S/c17-14-6-4-11(24-14)9-23-15(21)2-1-7-20-16(22)12-5-3-10(18)8-13(12)19/h3-6,8H,1-2,7,9H2,(H,20,22). The first-order valence-corrected chi connectivity index (χ1v) is 8.28. The topological polar surface area (TPSA) is 55.4 Å². The van der Waals surface area contributed by atoms with Crippen molar-refractivity contribution in [1.82, 2.24) is 5.32 Å². The maximum Gasteiger partial charge on any atom is 0.306 e. The average Bonchev–Trinajstić information content (AvgIpc) is 2.95. The van der Waals surface area contributed by atoms with E-state index in [0.717, 1.165) is 17.0 Å². The molecule has 0 bridgehead atoms. The molecule has 1 heterocycles. The molecule has 0 unspecified atom stereocenters. The zero-order chi connectivity index (χ0) is 17.5. The Morgan fingerprint density at radius 2 is 2.00 bits per heavy atom. The summed E-state index contributed by atoms with van der Waals surface area (Å²) >= 11 is 7.10. The number of benzene rings is 1. The molecule has 24 heavy (non-hydrogen) atoms. The quantitative estimate of drug-likeness (QED) is 0.591. The van der Waals surface area contributed by atoms with Crippen molar-refractivity contribution < 1.29 is 23.1 Å². The molecule has 0 atom stereocenters. The van der Waals surface area contributed by atoms with Crippen LogP contribution < -0.4 is 5.32 Å². The number of thiophene rings is 1. The molecule has 0 spiro atoms. The Morgan fingerprint density at radius 3 is 2.67 bits per heavy atom. The number of ether oxygens (including phenoxy) is 1. The highest BCUT2D eigenvalue weighted by atomic mass is 35.5. The largest absolute Gasteiger partial charge is 0.460 e. The summed E-state index contributed by atoms with van der Waals surface area (Å²) in [6.45, 7) is 0.332. The molecule has 0 saturated heterocycles. The summed E-state index contributed by atoms with van der Waals surface area (Å²) in [6.07, 6.45) is 0.462. The lowest BCUT2D eigenvalue weighted by atomic mass is 10.2. The van der Waals surface area contributed by atoms with Crippen LogP contribution in [0.5, 0.6) is 0 Å². The summed E-state index contributed by atoms with van der Waals surface area (Å²) in [4.78, 5) is 24.1. The molecular formula is C16H14ClF2NO3S. The summed E-state index contributed by atoms with van der Waals surface area (Å²) < 4.78 is 31.9. The Balaban J connectivity index is 1.66. The van der Waals surface area contributed by atoms with Gasteiger partial charge in [0.25, 0.3) is 5.91 Å². The fourth-order valence-corrected chi connectivity index (χ4v) is 2.86. The molecule has 1 N–H and O–H groups in total. The molecule has 1 aromatic carbocycles. The van der Waals surface area contributed by atoms with Gasteiger partial charge in [0, 0.05) is 23.9 Å². The van der Waals surface area contributed by atoms with Crippen molar-refractivity contribution in [3.05, 3.63) is 56.7 Å². The first kappa shape index (κ1) is 18.4. The highest BCUT2D eigenvalue weighted by Crippen LogP contribution is 2.22. The van der Waals surface area contributed by atoms with Gasteiger partial charge in [0.1, 0.15) is 18.2 Å². The van der Waals surface area contributed by atoms with Crippen molar-refractivity contribution in [2.75, 3.05) is 6.54 Å². The van der Waals surface area contributed by atoms with Crippen molar-refractivity contribution in [2.24, 2.45) is 0 Å². The third-order valence-electron chi connectivity index (χ3n) is 3.02. The van der Waals surface area contributed by atoms with Gasteiger partial charge in [-0.2, -0.15) is 0 Å². The Labute approximate surface area is 146 Å². The Hall–Kier alpha value is -1.99. The van der Waals surface area contributed by atoms with Crippen molar-refractivity contribution >= 4 is 34.8 Å². The number of rotatable bonds is 7. The lowest BCUT2D eigenvalue weighted by Crippen LogP contribution is -2.26. The molecule has 4 nitrogen and oxygen atoms in total. The van der Waals surface area contributed by atoms with E-state index < -0.39 is 23.5 Å². The van der Waals surface area contributed by atoms with Gasteiger partial charge in [-0.05, 0) is 30.7 Å². The third kappa shape index (κ3) is 5.58. The van der Waals surface area contributed by atoms with Crippen LogP contribution in [0, 0.1) is 11.6 Å². The molecule has 0 fully saturated rings. The summed E-state index contributed by atoms with van der Waals surface area (Å²) in [5, 5.41) is 2.47. The number of carbonyl (C=O) groups is 2. The Morgan fingerprint density at radius 1 is 1.21 bits per heavy atom. The minimum absolute atomic E-state index is 0.116. The van der Waals surface area contributed by atoms with Gasteiger partial charge in [-0.15, -0.1) is 11.3 Å². The van der Waals surface area contributed by atoms with E-state index in [-0.39, 0.29) is 25.1 Å². The maximum absolute atomic E-state index is 13.4. The number of hydrogen-bond acceptors (Lipinski definition) is 4. The SMILES string of the molecule is O=C(CCCNC(=O)c1ccc(F)cc1F)OCc1ccc(Cl)s1. The predicted octanol–water partition coefficient (Wildman–Crippen LogP) is 3.93. The van der Waals surface area contributed by atoms with Gasteiger partial charge in [-0.25, -0.2) is 8.78 Å². The van der Waals surface area contributed by atoms with Crippen LogP contribution in [0.2, 0.25) is 4.34 Å². The average molecular weight is 374 g/mol. The smallest absolute Gasteiger partial charge is 0.306 e. The molecule has 1 aromatic heterocycles. The first-order valence-electron chi connectivity index (χ1n) is 7.09. The molecule has 1 amide bonds. The molecule has 2 aromatic rings. The van der Waals surface area contributed by atoms with E-state index in [1.807, 2.05) is 0 Å². The van der Waals surface area contributed by atoms with E-state index in [2.05, 4.69) is 5.32 Å². The lowest BCUT2D eigenvalue weighted by Gasteiger charge is -2.06. The summed E-state index contributed by atoms with van der Waals surface area (Å²) in [5.74, 6) is -2.74. The second-order valence-corrected chi connectivity index (χ2v) is 6.65. The minimum Gasteiger partial charge on any atom is -0.460 e. The maximum atomic E-state index is 13.4. The highest BCUT2D eigenvalue weighted by Gasteiger charge is 2.12. The number of hydrogen-bond donors (Lipinski definition) is 1. The van der Waals surface area contributed by atoms with E-state index in [1.54, 1.807) is 12.1 Å². The van der Waals surface area contributed by atoms with Crippen LogP contribution in [0.4, 0.5) is 8.78 Å². The van der Waals surface area contributed by atoms with Gasteiger partial charge in [0.05, 0.1) is 9.90 Å². The van der Waals surface area contributed by atoms with E-state index in [9.17, 15) is 18.4 Å². The van der Waals surface area contributed by atoms with E-state index in [4.69, 9.17) is 16.3 Å². The minimum atomic E-state index is -0.929. The van der Waals surface area contributed by atoms with Crippen LogP contribution in [0.25, 0.3) is 0 Å². The Kier molecular flexibility index (Phi) is 6.69. The molecule has 0 aliphatic heterocycles. The normalized spacial score (nSPS) is 10.5. The van der Waals surface area contributed by atoms with Gasteiger partial charge in [-0.1, -0.05) is 11.6 Å². The second kappa shape index (κ2) is 8.75. The van der Waals surface area contributed by atoms with Gasteiger partial charge >= 0.3 is 5.97 Å². The summed E-state index contributed by atoms with van der Waals surface area (Å²) in [5.41, 5.74) is -0.242. The van der Waals surface area contributed by atoms with Gasteiger partial charge in [-0.3, -0.25) is 9.59 Å². The van der Waals surface area contributed by atoms with Crippen LogP contribution >= 0.6 is 22.9 Å². The van der Waals surface area contributed by atoms with Gasteiger partial charge in [0.15, 0.2) is 0 Å². The molecule has 8 heteroatoms. The van der Waals surface area contributed by atoms with Crippen LogP contribution in [0.1, 0.15) is 28.1 Å². The van der Waals surface area contributed by atoms with Gasteiger partial charge in [0.2, 0.25) is 0 Å². The molecular weight excluding hydrogens is 360 g/mol. The number of carbonyl (C=O) groups excluding carboxylic acids is 2. The molecule has 128 valence electrons. The first-order chi connectivity index (χ1) is 11.5. The molecule has 0 saturated carbocycles. The highest BCUT2D eigenvalue weighted by molar-refractivity contribution is 7.16. The van der Waals surface area contributed by atoms with E-state index in [0.29, 0.717) is 16.8 Å². The lowest BCUT2D eigenvalue weighted by molar-refractivity contribution is -0.144. The van der Waals surface area contributed by atoms with Crippen LogP contribution in [-0.4, -0.2) is 18.4 Å². The second-order valence-electron chi connectivity index (χ2n) is 4.85. The molecule has 0 aliphatic rings. The van der Waals surface area contributed by atoms with Gasteiger partial charge < -0.3 is 10.1 Å². The molecule has 0 aliphatic carbocycles. The van der Waals surface area contributed by atoms with Crippen LogP contribution in [0.15, 0.2) is 30.3 Å². The van der Waals surface area contributed by atoms with Crippen LogP contribution in [-0.2, 0) is 16.1 Å². The number of amides is 1. The zero-order valence-electron chi connectivity index (χ0n) is 12.5. The van der Waals surface area contributed by atoms with Crippen molar-refractivity contribution in [2.45, 2.75) is 19.4 Å². The monoisotopic (exact) mass is 373 g/mol. The number of halogens is 3. The summed E-state index contributed by atoms with van der Waals surface area (Å²) in [6, 6.07) is 6.22. The van der Waals surface area contributed by atoms with Crippen molar-refractivity contribution in [3.63, 3.8) is 0 Å². The fraction of sp³-hybridized carbons (Fsp3) is 0.250. The summed E-state index contributed by atoms with van der Waals surface area (Å²) in [7, 11) is 0. The van der Waals surface area contributed by atoms with E-state index >= 15 is 0 Å². The fourth-order valence-electron chi connectivity index (χ4n) is 1.86. The third-order valence-corrected chi connectivity index (χ3v) is 4.23. The van der Waals surface area contributed by atoms with Crippen molar-refractivity contribution in [3.8, 4) is 0 Å². The molecule has 2 rings (SSSR count). The van der Waals surface area contributed by atoms with Crippen LogP contribution in [0.3, 0.4) is 0 Å². The van der Waals surface area contributed by atoms with E-state index in [1.165, 1.54) is 11.3 Å².